The van der Waals surface area contributed by atoms with E-state index in [1.54, 1.807) is 23.1 Å². The van der Waals surface area contributed by atoms with Crippen LogP contribution in [0.1, 0.15) is 23.8 Å². The third kappa shape index (κ3) is 4.20. The SMILES string of the molecule is Cn1nnnc1-c1cccc(NC(=O)NCC(c2cccs2)N2CCCC2)c1. The van der Waals surface area contributed by atoms with Crippen LogP contribution in [0.15, 0.2) is 41.8 Å². The first-order valence-corrected chi connectivity index (χ1v) is 10.2. The molecule has 1 aliphatic heterocycles. The zero-order valence-electron chi connectivity index (χ0n) is 15.7. The molecule has 1 fully saturated rings. The molecule has 2 aromatic heterocycles. The lowest BCUT2D eigenvalue weighted by molar-refractivity contribution is 0.229. The number of benzene rings is 1. The van der Waals surface area contributed by atoms with Crippen molar-refractivity contribution in [1.82, 2.24) is 30.4 Å². The van der Waals surface area contributed by atoms with Gasteiger partial charge in [-0.1, -0.05) is 18.2 Å². The van der Waals surface area contributed by atoms with Crippen molar-refractivity contribution in [3.05, 3.63) is 46.7 Å². The Balaban J connectivity index is 1.39. The van der Waals surface area contributed by atoms with Crippen LogP contribution >= 0.6 is 11.3 Å². The summed E-state index contributed by atoms with van der Waals surface area (Å²) in [4.78, 5) is 16.2. The Bertz CT molecular complexity index is 918. The van der Waals surface area contributed by atoms with E-state index in [0.29, 0.717) is 18.1 Å². The van der Waals surface area contributed by atoms with Gasteiger partial charge in [0.1, 0.15) is 0 Å². The van der Waals surface area contributed by atoms with E-state index in [0.717, 1.165) is 18.7 Å². The summed E-state index contributed by atoms with van der Waals surface area (Å²) >= 11 is 1.74. The molecule has 146 valence electrons. The van der Waals surface area contributed by atoms with E-state index in [1.807, 2.05) is 24.3 Å². The smallest absolute Gasteiger partial charge is 0.319 e. The summed E-state index contributed by atoms with van der Waals surface area (Å²) in [5.41, 5.74) is 1.55. The number of nitrogens with zero attached hydrogens (tertiary/aromatic N) is 5. The monoisotopic (exact) mass is 397 g/mol. The van der Waals surface area contributed by atoms with Crippen LogP contribution in [0.5, 0.6) is 0 Å². The summed E-state index contributed by atoms with van der Waals surface area (Å²) in [6.45, 7) is 2.75. The molecule has 1 saturated heterocycles. The number of likely N-dealkylation sites (tertiary alicyclic amines) is 1. The minimum absolute atomic E-state index is 0.214. The molecule has 2 N–H and O–H groups in total. The average molecular weight is 398 g/mol. The van der Waals surface area contributed by atoms with Gasteiger partial charge in [-0.2, -0.15) is 0 Å². The molecule has 8 nitrogen and oxygen atoms in total. The number of anilines is 1. The summed E-state index contributed by atoms with van der Waals surface area (Å²) in [5, 5.41) is 19.5. The molecule has 1 aliphatic rings. The fraction of sp³-hybridized carbons (Fsp3) is 0.368. The Morgan fingerprint density at radius 2 is 2.11 bits per heavy atom. The number of carbonyl (C=O) groups is 1. The van der Waals surface area contributed by atoms with E-state index in [2.05, 4.69) is 48.6 Å². The van der Waals surface area contributed by atoms with E-state index >= 15 is 0 Å². The number of amides is 2. The lowest BCUT2D eigenvalue weighted by Gasteiger charge is -2.27. The van der Waals surface area contributed by atoms with Crippen molar-refractivity contribution in [1.29, 1.82) is 0 Å². The van der Waals surface area contributed by atoms with Crippen LogP contribution in [0.2, 0.25) is 0 Å². The van der Waals surface area contributed by atoms with Gasteiger partial charge >= 0.3 is 6.03 Å². The Morgan fingerprint density at radius 3 is 2.82 bits per heavy atom. The summed E-state index contributed by atoms with van der Waals surface area (Å²) in [7, 11) is 1.78. The van der Waals surface area contributed by atoms with Crippen LogP contribution in [0.3, 0.4) is 0 Å². The summed E-state index contributed by atoms with van der Waals surface area (Å²) in [6, 6.07) is 11.7. The molecule has 28 heavy (non-hydrogen) atoms. The Labute approximate surface area is 167 Å². The van der Waals surface area contributed by atoms with Crippen molar-refractivity contribution in [3.8, 4) is 11.4 Å². The van der Waals surface area contributed by atoms with Crippen molar-refractivity contribution in [3.63, 3.8) is 0 Å². The highest BCUT2D eigenvalue weighted by Crippen LogP contribution is 2.28. The molecule has 0 spiro atoms. The van der Waals surface area contributed by atoms with E-state index < -0.39 is 0 Å². The number of aromatic nitrogens is 4. The van der Waals surface area contributed by atoms with Gasteiger partial charge in [-0.05, 0) is 59.9 Å². The predicted molar refractivity (Wildman–Crippen MR) is 109 cm³/mol. The molecule has 9 heteroatoms. The van der Waals surface area contributed by atoms with Crippen molar-refractivity contribution in [2.45, 2.75) is 18.9 Å². The van der Waals surface area contributed by atoms with Crippen molar-refractivity contribution in [2.75, 3.05) is 25.0 Å². The molecule has 0 radical (unpaired) electrons. The minimum Gasteiger partial charge on any atom is -0.336 e. The van der Waals surface area contributed by atoms with Gasteiger partial charge in [0, 0.05) is 29.7 Å². The standard InChI is InChI=1S/C19H23N7OS/c1-25-18(22-23-24-25)14-6-4-7-15(12-14)21-19(27)20-13-16(17-8-5-11-28-17)26-9-2-3-10-26/h4-8,11-12,16H,2-3,9-10,13H2,1H3,(H2,20,21,27). The number of rotatable bonds is 6. The second-order valence-corrected chi connectivity index (χ2v) is 7.80. The third-order valence-electron chi connectivity index (χ3n) is 4.91. The van der Waals surface area contributed by atoms with Gasteiger partial charge in [-0.3, -0.25) is 4.90 Å². The van der Waals surface area contributed by atoms with Crippen LogP contribution in [0.4, 0.5) is 10.5 Å². The van der Waals surface area contributed by atoms with Crippen molar-refractivity contribution in [2.24, 2.45) is 7.05 Å². The summed E-state index contributed by atoms with van der Waals surface area (Å²) in [5.74, 6) is 0.649. The quantitative estimate of drug-likeness (QED) is 0.668. The van der Waals surface area contributed by atoms with Crippen molar-refractivity contribution >= 4 is 23.1 Å². The molecule has 0 saturated carbocycles. The van der Waals surface area contributed by atoms with Crippen molar-refractivity contribution < 1.29 is 4.79 Å². The van der Waals surface area contributed by atoms with Gasteiger partial charge in [0.25, 0.3) is 0 Å². The number of nitrogens with one attached hydrogen (secondary N) is 2. The second-order valence-electron chi connectivity index (χ2n) is 6.82. The van der Waals surface area contributed by atoms with Crippen LogP contribution in [-0.2, 0) is 7.05 Å². The molecule has 0 aliphatic carbocycles. The van der Waals surface area contributed by atoms with Gasteiger partial charge in [-0.25, -0.2) is 9.48 Å². The average Bonchev–Trinajstić information content (AvgIpc) is 3.45. The molecule has 3 heterocycles. The van der Waals surface area contributed by atoms with Crippen LogP contribution < -0.4 is 10.6 Å². The molecule has 1 aromatic carbocycles. The van der Waals surface area contributed by atoms with Gasteiger partial charge in [0.15, 0.2) is 5.82 Å². The van der Waals surface area contributed by atoms with Crippen LogP contribution in [-0.4, -0.2) is 50.8 Å². The number of urea groups is 1. The highest BCUT2D eigenvalue weighted by Gasteiger charge is 2.24. The fourth-order valence-electron chi connectivity index (χ4n) is 3.52. The highest BCUT2D eigenvalue weighted by molar-refractivity contribution is 7.10. The molecule has 3 aromatic rings. The van der Waals surface area contributed by atoms with E-state index in [9.17, 15) is 4.79 Å². The fourth-order valence-corrected chi connectivity index (χ4v) is 4.38. The Morgan fingerprint density at radius 1 is 1.25 bits per heavy atom. The lowest BCUT2D eigenvalue weighted by Crippen LogP contribution is -2.38. The highest BCUT2D eigenvalue weighted by atomic mass is 32.1. The number of aryl methyl sites for hydroxylation is 1. The van der Waals surface area contributed by atoms with Gasteiger partial charge < -0.3 is 10.6 Å². The number of hydrogen-bond acceptors (Lipinski definition) is 6. The molecule has 4 rings (SSSR count). The molecular weight excluding hydrogens is 374 g/mol. The van der Waals surface area contributed by atoms with E-state index in [-0.39, 0.29) is 12.1 Å². The Hall–Kier alpha value is -2.78. The molecule has 0 bridgehead atoms. The van der Waals surface area contributed by atoms with Crippen LogP contribution in [0, 0.1) is 0 Å². The minimum atomic E-state index is -0.214. The molecular formula is C19H23N7OS. The summed E-state index contributed by atoms with van der Waals surface area (Å²) < 4.78 is 1.60. The molecule has 1 unspecified atom stereocenters. The van der Waals surface area contributed by atoms with E-state index in [1.165, 1.54) is 17.7 Å². The topological polar surface area (TPSA) is 88.0 Å². The maximum atomic E-state index is 12.5. The van der Waals surface area contributed by atoms with Gasteiger partial charge in [0.05, 0.1) is 6.04 Å². The first kappa shape index (κ1) is 18.6. The normalized spacial score (nSPS) is 15.5. The summed E-state index contributed by atoms with van der Waals surface area (Å²) in [6.07, 6.45) is 2.44. The van der Waals surface area contributed by atoms with E-state index in [4.69, 9.17) is 0 Å². The number of hydrogen-bond donors (Lipinski definition) is 2. The van der Waals surface area contributed by atoms with Gasteiger partial charge in [0.2, 0.25) is 0 Å². The Kier molecular flexibility index (Phi) is 5.63. The number of carbonyl (C=O) groups excluding carboxylic acids is 1. The maximum absolute atomic E-state index is 12.5. The largest absolute Gasteiger partial charge is 0.336 e. The third-order valence-corrected chi connectivity index (χ3v) is 5.88. The first-order valence-electron chi connectivity index (χ1n) is 9.36. The zero-order valence-corrected chi connectivity index (χ0v) is 16.5. The molecule has 1 atom stereocenters. The maximum Gasteiger partial charge on any atom is 0.319 e. The number of thiophene rings is 1. The van der Waals surface area contributed by atoms with Gasteiger partial charge in [-0.15, -0.1) is 16.4 Å². The van der Waals surface area contributed by atoms with Crippen LogP contribution in [0.25, 0.3) is 11.4 Å². The predicted octanol–water partition coefficient (Wildman–Crippen LogP) is 2.90. The lowest BCUT2D eigenvalue weighted by atomic mass is 10.2. The zero-order chi connectivity index (χ0) is 19.3. The number of tetrazole rings is 1. The first-order chi connectivity index (χ1) is 13.7. The second kappa shape index (κ2) is 8.49. The molecule has 2 amide bonds.